The topological polar surface area (TPSA) is 57.2 Å². The molecule has 2 atom stereocenters. The fraction of sp³-hybridized carbons (Fsp3) is 0.409. The Morgan fingerprint density at radius 1 is 0.968 bits per heavy atom. The zero-order valence-corrected chi connectivity index (χ0v) is 20.7. The van der Waals surface area contributed by atoms with E-state index in [1.807, 2.05) is 26.2 Å². The van der Waals surface area contributed by atoms with Crippen molar-refractivity contribution >= 4 is 41.6 Å². The van der Waals surface area contributed by atoms with Gasteiger partial charge in [-0.1, -0.05) is 29.3 Å². The SMILES string of the molecule is COc1cc(C(=O)OCC(c2ccc(Cl)c(Cl)c2)C(C)N(C)C)cc(OC)c1OC.Cl. The molecule has 0 amide bonds. The standard InChI is InChI=1S/C22H27Cl2NO5.ClH/c1-13(25(2)3)16(14-7-8-17(23)18(24)9-14)12-30-22(26)15-10-19(27-4)21(29-6)20(11-15)28-5;/h7-11,13,16H,12H2,1-6H3;1H. The van der Waals surface area contributed by atoms with Crippen LogP contribution >= 0.6 is 35.6 Å². The average molecular weight is 493 g/mol. The first kappa shape index (κ1) is 27.2. The van der Waals surface area contributed by atoms with Gasteiger partial charge in [0.05, 0.1) is 43.5 Å². The van der Waals surface area contributed by atoms with Gasteiger partial charge in [0.2, 0.25) is 5.75 Å². The van der Waals surface area contributed by atoms with Gasteiger partial charge in [0.1, 0.15) is 0 Å². The van der Waals surface area contributed by atoms with Crippen molar-refractivity contribution in [3.05, 3.63) is 51.5 Å². The van der Waals surface area contributed by atoms with Crippen molar-refractivity contribution in [3.63, 3.8) is 0 Å². The number of nitrogens with zero attached hydrogens (tertiary/aromatic N) is 1. The summed E-state index contributed by atoms with van der Waals surface area (Å²) in [6.07, 6.45) is 0. The molecule has 0 fully saturated rings. The Morgan fingerprint density at radius 3 is 2.00 bits per heavy atom. The highest BCUT2D eigenvalue weighted by Crippen LogP contribution is 2.38. The number of halogens is 3. The van der Waals surface area contributed by atoms with Gasteiger partial charge < -0.3 is 23.8 Å². The Morgan fingerprint density at radius 2 is 1.55 bits per heavy atom. The highest BCUT2D eigenvalue weighted by molar-refractivity contribution is 6.42. The van der Waals surface area contributed by atoms with Crippen LogP contribution in [0.5, 0.6) is 17.2 Å². The Bertz CT molecular complexity index is 866. The molecule has 2 rings (SSSR count). The number of ether oxygens (including phenoxy) is 4. The lowest BCUT2D eigenvalue weighted by atomic mass is 9.92. The molecule has 6 nitrogen and oxygen atoms in total. The van der Waals surface area contributed by atoms with E-state index in [2.05, 4.69) is 11.8 Å². The van der Waals surface area contributed by atoms with Crippen molar-refractivity contribution in [2.24, 2.45) is 0 Å². The van der Waals surface area contributed by atoms with Crippen LogP contribution in [0.4, 0.5) is 0 Å². The molecule has 0 bridgehead atoms. The van der Waals surface area contributed by atoms with Gasteiger partial charge in [-0.3, -0.25) is 0 Å². The van der Waals surface area contributed by atoms with E-state index in [0.29, 0.717) is 32.9 Å². The second kappa shape index (κ2) is 12.2. The zero-order valence-electron chi connectivity index (χ0n) is 18.4. The van der Waals surface area contributed by atoms with Crippen LogP contribution in [-0.4, -0.2) is 58.9 Å². The Kier molecular flexibility index (Phi) is 10.7. The molecular weight excluding hydrogens is 465 g/mol. The molecular formula is C22H28Cl3NO5. The second-order valence-corrected chi connectivity index (χ2v) is 7.81. The third-order valence-corrected chi connectivity index (χ3v) is 5.80. The van der Waals surface area contributed by atoms with Crippen LogP contribution in [0.1, 0.15) is 28.8 Å². The van der Waals surface area contributed by atoms with Crippen molar-refractivity contribution in [2.75, 3.05) is 42.0 Å². The summed E-state index contributed by atoms with van der Waals surface area (Å²) >= 11 is 12.3. The number of carbonyl (C=O) groups excluding carboxylic acids is 1. The Hall–Kier alpha value is -1.86. The van der Waals surface area contributed by atoms with Crippen molar-refractivity contribution in [1.82, 2.24) is 4.90 Å². The van der Waals surface area contributed by atoms with Crippen molar-refractivity contribution in [1.29, 1.82) is 0 Å². The van der Waals surface area contributed by atoms with Gasteiger partial charge in [-0.15, -0.1) is 12.4 Å². The molecule has 0 N–H and O–H groups in total. The second-order valence-electron chi connectivity index (χ2n) is 7.00. The molecule has 0 aromatic heterocycles. The highest BCUT2D eigenvalue weighted by atomic mass is 35.5. The predicted molar refractivity (Wildman–Crippen MR) is 126 cm³/mol. The van der Waals surface area contributed by atoms with E-state index in [-0.39, 0.29) is 31.0 Å². The summed E-state index contributed by atoms with van der Waals surface area (Å²) in [7, 11) is 8.42. The molecule has 2 aromatic carbocycles. The summed E-state index contributed by atoms with van der Waals surface area (Å²) in [5, 5.41) is 0.937. The van der Waals surface area contributed by atoms with E-state index in [9.17, 15) is 4.79 Å². The van der Waals surface area contributed by atoms with Crippen LogP contribution in [0.25, 0.3) is 0 Å². The maximum atomic E-state index is 12.8. The number of carbonyl (C=O) groups is 1. The van der Waals surface area contributed by atoms with Gasteiger partial charge in [-0.2, -0.15) is 0 Å². The monoisotopic (exact) mass is 491 g/mol. The third-order valence-electron chi connectivity index (χ3n) is 5.06. The van der Waals surface area contributed by atoms with Crippen LogP contribution < -0.4 is 14.2 Å². The average Bonchev–Trinajstić information content (AvgIpc) is 2.74. The molecule has 0 aliphatic carbocycles. The first-order valence-electron chi connectivity index (χ1n) is 9.31. The van der Waals surface area contributed by atoms with E-state index in [1.54, 1.807) is 18.2 Å². The first-order valence-corrected chi connectivity index (χ1v) is 10.1. The van der Waals surface area contributed by atoms with Crippen LogP contribution in [-0.2, 0) is 4.74 Å². The van der Waals surface area contributed by atoms with Gasteiger partial charge in [0.25, 0.3) is 0 Å². The van der Waals surface area contributed by atoms with Gasteiger partial charge >= 0.3 is 5.97 Å². The molecule has 2 unspecified atom stereocenters. The number of benzene rings is 2. The number of methoxy groups -OCH3 is 3. The number of rotatable bonds is 9. The van der Waals surface area contributed by atoms with E-state index in [4.69, 9.17) is 42.1 Å². The summed E-state index contributed by atoms with van der Waals surface area (Å²) in [5.41, 5.74) is 1.23. The largest absolute Gasteiger partial charge is 0.493 e. The lowest BCUT2D eigenvalue weighted by molar-refractivity contribution is 0.0441. The van der Waals surface area contributed by atoms with Crippen LogP contribution in [0, 0.1) is 0 Å². The van der Waals surface area contributed by atoms with E-state index in [1.165, 1.54) is 21.3 Å². The summed E-state index contributed by atoms with van der Waals surface area (Å²) in [6, 6.07) is 8.65. The summed E-state index contributed by atoms with van der Waals surface area (Å²) in [5.74, 6) is 0.565. The van der Waals surface area contributed by atoms with Crippen LogP contribution in [0.15, 0.2) is 30.3 Å². The lowest BCUT2D eigenvalue weighted by Crippen LogP contribution is -2.34. The van der Waals surface area contributed by atoms with Gasteiger partial charge in [0, 0.05) is 12.0 Å². The van der Waals surface area contributed by atoms with Crippen LogP contribution in [0.2, 0.25) is 10.0 Å². The third kappa shape index (κ3) is 6.56. The van der Waals surface area contributed by atoms with Gasteiger partial charge in [0.15, 0.2) is 11.5 Å². The molecule has 2 aromatic rings. The molecule has 9 heteroatoms. The molecule has 0 aliphatic rings. The van der Waals surface area contributed by atoms with E-state index >= 15 is 0 Å². The van der Waals surface area contributed by atoms with E-state index < -0.39 is 5.97 Å². The van der Waals surface area contributed by atoms with Crippen molar-refractivity contribution in [2.45, 2.75) is 18.9 Å². The zero-order chi connectivity index (χ0) is 22.4. The number of likely N-dealkylation sites (N-methyl/N-ethyl adjacent to an activating group) is 1. The Balaban J connectivity index is 0.00000480. The fourth-order valence-electron chi connectivity index (χ4n) is 3.06. The highest BCUT2D eigenvalue weighted by Gasteiger charge is 2.25. The van der Waals surface area contributed by atoms with Crippen LogP contribution in [0.3, 0.4) is 0 Å². The smallest absolute Gasteiger partial charge is 0.338 e. The molecule has 172 valence electrons. The van der Waals surface area contributed by atoms with Gasteiger partial charge in [-0.05, 0) is 50.8 Å². The molecule has 0 spiro atoms. The summed E-state index contributed by atoms with van der Waals surface area (Å²) < 4.78 is 21.6. The normalized spacial score (nSPS) is 12.5. The predicted octanol–water partition coefficient (Wildman–Crippen LogP) is 5.33. The molecule has 0 saturated heterocycles. The molecule has 0 aliphatic heterocycles. The maximum Gasteiger partial charge on any atom is 0.338 e. The van der Waals surface area contributed by atoms with Gasteiger partial charge in [-0.25, -0.2) is 4.79 Å². The quantitative estimate of drug-likeness (QED) is 0.441. The molecule has 0 saturated carbocycles. The number of hydrogen-bond donors (Lipinski definition) is 0. The lowest BCUT2D eigenvalue weighted by Gasteiger charge is -2.29. The first-order chi connectivity index (χ1) is 14.2. The summed E-state index contributed by atoms with van der Waals surface area (Å²) in [6.45, 7) is 2.22. The molecule has 0 heterocycles. The number of esters is 1. The summed E-state index contributed by atoms with van der Waals surface area (Å²) in [4.78, 5) is 14.9. The maximum absolute atomic E-state index is 12.8. The van der Waals surface area contributed by atoms with Crippen molar-refractivity contribution in [3.8, 4) is 17.2 Å². The van der Waals surface area contributed by atoms with E-state index in [0.717, 1.165) is 5.56 Å². The molecule has 0 radical (unpaired) electrons. The number of hydrogen-bond acceptors (Lipinski definition) is 6. The Labute approximate surface area is 199 Å². The molecule has 31 heavy (non-hydrogen) atoms. The van der Waals surface area contributed by atoms with Crippen molar-refractivity contribution < 1.29 is 23.7 Å². The minimum atomic E-state index is -0.495. The minimum absolute atomic E-state index is 0. The fourth-order valence-corrected chi connectivity index (χ4v) is 3.37. The minimum Gasteiger partial charge on any atom is -0.493 e.